The number of aromatic amines is 1. The second-order valence-electron chi connectivity index (χ2n) is 4.31. The molecule has 0 aliphatic rings. The Morgan fingerprint density at radius 2 is 2.28 bits per heavy atom. The standard InChI is InChI=1S/C13H18BrN3O/c1-3-17(6-7-18)9(2)13-15-11-5-4-10(14)8-12(11)16-13/h4-5,8-9,18H,3,6-7H2,1-2H3,(H,15,16). The molecule has 2 aromatic rings. The number of benzene rings is 1. The summed E-state index contributed by atoms with van der Waals surface area (Å²) in [5.41, 5.74) is 2.01. The summed E-state index contributed by atoms with van der Waals surface area (Å²) < 4.78 is 1.04. The fourth-order valence-corrected chi connectivity index (χ4v) is 2.49. The van der Waals surface area contributed by atoms with Crippen LogP contribution in [-0.2, 0) is 0 Å². The van der Waals surface area contributed by atoms with Gasteiger partial charge in [0.25, 0.3) is 0 Å². The third-order valence-corrected chi connectivity index (χ3v) is 3.69. The number of likely N-dealkylation sites (N-methyl/N-ethyl adjacent to an activating group) is 1. The highest BCUT2D eigenvalue weighted by molar-refractivity contribution is 9.10. The summed E-state index contributed by atoms with van der Waals surface area (Å²) in [7, 11) is 0. The van der Waals surface area contributed by atoms with Crippen LogP contribution in [0.15, 0.2) is 22.7 Å². The number of nitrogens with zero attached hydrogens (tertiary/aromatic N) is 2. The maximum Gasteiger partial charge on any atom is 0.124 e. The van der Waals surface area contributed by atoms with Gasteiger partial charge in [-0.15, -0.1) is 0 Å². The minimum Gasteiger partial charge on any atom is -0.395 e. The molecule has 4 nitrogen and oxygen atoms in total. The van der Waals surface area contributed by atoms with Gasteiger partial charge in [-0.3, -0.25) is 4.90 Å². The number of aliphatic hydroxyl groups is 1. The van der Waals surface area contributed by atoms with Crippen molar-refractivity contribution in [3.05, 3.63) is 28.5 Å². The van der Waals surface area contributed by atoms with Crippen LogP contribution >= 0.6 is 15.9 Å². The van der Waals surface area contributed by atoms with Gasteiger partial charge in [0.15, 0.2) is 0 Å². The Kier molecular flexibility index (Phi) is 4.37. The average Bonchev–Trinajstić information content (AvgIpc) is 2.77. The van der Waals surface area contributed by atoms with Crippen molar-refractivity contribution < 1.29 is 5.11 Å². The Balaban J connectivity index is 2.29. The molecule has 0 aliphatic heterocycles. The Hall–Kier alpha value is -0.910. The highest BCUT2D eigenvalue weighted by atomic mass is 79.9. The number of hydrogen-bond donors (Lipinski definition) is 2. The molecule has 2 N–H and O–H groups in total. The molecule has 0 fully saturated rings. The van der Waals surface area contributed by atoms with Crippen molar-refractivity contribution >= 4 is 27.0 Å². The second-order valence-corrected chi connectivity index (χ2v) is 5.23. The fraction of sp³-hybridized carbons (Fsp3) is 0.462. The van der Waals surface area contributed by atoms with Gasteiger partial charge in [0.1, 0.15) is 5.82 Å². The van der Waals surface area contributed by atoms with Crippen molar-refractivity contribution in [1.82, 2.24) is 14.9 Å². The number of H-pyrrole nitrogens is 1. The van der Waals surface area contributed by atoms with Crippen LogP contribution in [0.2, 0.25) is 0 Å². The van der Waals surface area contributed by atoms with Gasteiger partial charge in [0.05, 0.1) is 23.7 Å². The lowest BCUT2D eigenvalue weighted by Crippen LogP contribution is -2.30. The van der Waals surface area contributed by atoms with E-state index in [4.69, 9.17) is 5.11 Å². The fourth-order valence-electron chi connectivity index (χ4n) is 2.13. The lowest BCUT2D eigenvalue weighted by atomic mass is 10.2. The Bertz CT molecular complexity index is 526. The van der Waals surface area contributed by atoms with Crippen LogP contribution in [0.25, 0.3) is 11.0 Å². The van der Waals surface area contributed by atoms with Gasteiger partial charge in [0, 0.05) is 11.0 Å². The minimum atomic E-state index is 0.171. The van der Waals surface area contributed by atoms with E-state index in [1.807, 2.05) is 18.2 Å². The Morgan fingerprint density at radius 1 is 1.50 bits per heavy atom. The molecule has 2 rings (SSSR count). The average molecular weight is 312 g/mol. The summed E-state index contributed by atoms with van der Waals surface area (Å²) in [5, 5.41) is 9.06. The minimum absolute atomic E-state index is 0.171. The lowest BCUT2D eigenvalue weighted by Gasteiger charge is -2.25. The van der Waals surface area contributed by atoms with Crippen molar-refractivity contribution in [2.24, 2.45) is 0 Å². The van der Waals surface area contributed by atoms with Crippen LogP contribution < -0.4 is 0 Å². The van der Waals surface area contributed by atoms with Crippen LogP contribution in [0, 0.1) is 0 Å². The summed E-state index contributed by atoms with van der Waals surface area (Å²) >= 11 is 3.45. The number of halogens is 1. The number of aromatic nitrogens is 2. The zero-order chi connectivity index (χ0) is 13.1. The number of fused-ring (bicyclic) bond motifs is 1. The number of aliphatic hydroxyl groups excluding tert-OH is 1. The Morgan fingerprint density at radius 3 is 2.94 bits per heavy atom. The number of rotatable bonds is 5. The van der Waals surface area contributed by atoms with Crippen molar-refractivity contribution in [3.8, 4) is 0 Å². The molecule has 0 saturated heterocycles. The van der Waals surface area contributed by atoms with E-state index in [-0.39, 0.29) is 12.6 Å². The van der Waals surface area contributed by atoms with Crippen LogP contribution in [0.1, 0.15) is 25.7 Å². The van der Waals surface area contributed by atoms with E-state index in [0.29, 0.717) is 6.54 Å². The number of imidazole rings is 1. The second kappa shape index (κ2) is 5.82. The van der Waals surface area contributed by atoms with Gasteiger partial charge < -0.3 is 10.1 Å². The van der Waals surface area contributed by atoms with Gasteiger partial charge in [-0.2, -0.15) is 0 Å². The third kappa shape index (κ3) is 2.74. The molecule has 1 atom stereocenters. The predicted molar refractivity (Wildman–Crippen MR) is 76.5 cm³/mol. The van der Waals surface area contributed by atoms with E-state index in [9.17, 15) is 0 Å². The first-order chi connectivity index (χ1) is 8.65. The molecule has 0 aliphatic carbocycles. The van der Waals surface area contributed by atoms with Crippen LogP contribution in [0.5, 0.6) is 0 Å². The third-order valence-electron chi connectivity index (χ3n) is 3.20. The molecule has 0 amide bonds. The summed E-state index contributed by atoms with van der Waals surface area (Å²) in [6.07, 6.45) is 0. The highest BCUT2D eigenvalue weighted by Gasteiger charge is 2.17. The zero-order valence-corrected chi connectivity index (χ0v) is 12.2. The van der Waals surface area contributed by atoms with Crippen molar-refractivity contribution in [2.45, 2.75) is 19.9 Å². The van der Waals surface area contributed by atoms with Gasteiger partial charge in [-0.05, 0) is 31.7 Å². The summed E-state index contributed by atoms with van der Waals surface area (Å²) in [5.74, 6) is 0.943. The number of hydrogen-bond acceptors (Lipinski definition) is 3. The molecule has 0 spiro atoms. The van der Waals surface area contributed by atoms with E-state index in [1.54, 1.807) is 0 Å². The lowest BCUT2D eigenvalue weighted by molar-refractivity contribution is 0.161. The van der Waals surface area contributed by atoms with E-state index >= 15 is 0 Å². The molecule has 98 valence electrons. The molecule has 1 unspecified atom stereocenters. The van der Waals surface area contributed by atoms with E-state index < -0.39 is 0 Å². The normalized spacial score (nSPS) is 13.4. The van der Waals surface area contributed by atoms with Gasteiger partial charge >= 0.3 is 0 Å². The maximum absolute atomic E-state index is 9.06. The van der Waals surface area contributed by atoms with Crippen LogP contribution in [0.3, 0.4) is 0 Å². The molecule has 1 aromatic carbocycles. The quantitative estimate of drug-likeness (QED) is 0.892. The SMILES string of the molecule is CCN(CCO)C(C)c1nc2ccc(Br)cc2[nH]1. The molecular formula is C13H18BrN3O. The zero-order valence-electron chi connectivity index (χ0n) is 10.7. The molecule has 0 bridgehead atoms. The smallest absolute Gasteiger partial charge is 0.124 e. The summed E-state index contributed by atoms with van der Waals surface area (Å²) in [6, 6.07) is 6.19. The van der Waals surface area contributed by atoms with Gasteiger partial charge in [-0.25, -0.2) is 4.98 Å². The van der Waals surface area contributed by atoms with E-state index in [1.165, 1.54) is 0 Å². The van der Waals surface area contributed by atoms with Crippen molar-refractivity contribution in [2.75, 3.05) is 19.7 Å². The molecule has 5 heteroatoms. The van der Waals surface area contributed by atoms with Crippen molar-refractivity contribution in [3.63, 3.8) is 0 Å². The summed E-state index contributed by atoms with van der Waals surface area (Å²) in [6.45, 7) is 5.92. The molecule has 1 heterocycles. The van der Waals surface area contributed by atoms with E-state index in [0.717, 1.165) is 27.9 Å². The monoisotopic (exact) mass is 311 g/mol. The number of nitrogens with one attached hydrogen (secondary N) is 1. The predicted octanol–water partition coefficient (Wildman–Crippen LogP) is 2.70. The molecular weight excluding hydrogens is 294 g/mol. The first-order valence-electron chi connectivity index (χ1n) is 6.15. The first kappa shape index (κ1) is 13.5. The van der Waals surface area contributed by atoms with Crippen molar-refractivity contribution in [1.29, 1.82) is 0 Å². The highest BCUT2D eigenvalue weighted by Crippen LogP contribution is 2.22. The summed E-state index contributed by atoms with van der Waals surface area (Å²) in [4.78, 5) is 10.1. The van der Waals surface area contributed by atoms with Crippen LogP contribution in [0.4, 0.5) is 0 Å². The molecule has 1 aromatic heterocycles. The first-order valence-corrected chi connectivity index (χ1v) is 6.95. The largest absolute Gasteiger partial charge is 0.395 e. The van der Waals surface area contributed by atoms with Gasteiger partial charge in [-0.1, -0.05) is 22.9 Å². The maximum atomic E-state index is 9.06. The Labute approximate surface area is 115 Å². The van der Waals surface area contributed by atoms with Crippen LogP contribution in [-0.4, -0.2) is 39.7 Å². The molecule has 0 radical (unpaired) electrons. The van der Waals surface area contributed by atoms with E-state index in [2.05, 4.69) is 44.6 Å². The molecule has 18 heavy (non-hydrogen) atoms. The van der Waals surface area contributed by atoms with Gasteiger partial charge in [0.2, 0.25) is 0 Å². The topological polar surface area (TPSA) is 52.1 Å². The molecule has 0 saturated carbocycles.